The second-order valence-corrected chi connectivity index (χ2v) is 12.3. The fourth-order valence-electron chi connectivity index (χ4n) is 7.10. The molecule has 0 saturated carbocycles. The molecule has 0 amide bonds. The van der Waals surface area contributed by atoms with Crippen molar-refractivity contribution in [2.24, 2.45) is 0 Å². The van der Waals surface area contributed by atoms with E-state index in [1.807, 2.05) is 24.3 Å². The Morgan fingerprint density at radius 2 is 1.31 bits per heavy atom. The van der Waals surface area contributed by atoms with Gasteiger partial charge in [0.2, 0.25) is 5.75 Å². The minimum absolute atomic E-state index is 0.00104. The van der Waals surface area contributed by atoms with Crippen molar-refractivity contribution in [2.45, 2.75) is 37.8 Å². The molecular formula is C37H40N2O6. The molecule has 0 spiro atoms. The van der Waals surface area contributed by atoms with E-state index in [0.29, 0.717) is 40.9 Å². The Labute approximate surface area is 264 Å². The van der Waals surface area contributed by atoms with Gasteiger partial charge in [0, 0.05) is 30.7 Å². The first-order valence-electron chi connectivity index (χ1n) is 15.5. The third-order valence-corrected chi connectivity index (χ3v) is 9.68. The van der Waals surface area contributed by atoms with Crippen molar-refractivity contribution in [1.82, 2.24) is 9.80 Å². The first-order valence-corrected chi connectivity index (χ1v) is 15.5. The monoisotopic (exact) mass is 608 g/mol. The normalized spacial score (nSPS) is 19.4. The molecule has 8 nitrogen and oxygen atoms in total. The molecule has 2 atom stereocenters. The standard InChI is InChI=1S/C37H40N2O6/c1-38-14-12-24-19-32(42-4)34-20-27(24)29(38)16-22-6-9-25(10-7-22)44-33-18-23(8-11-31(33)41-3)17-30-28-21-35(43-5)36(40)37(45-34)26(28)13-15-39(30)2/h6-11,18-21,29-30,40H,12-17H2,1-5H3. The lowest BCUT2D eigenvalue weighted by atomic mass is 9.87. The number of methoxy groups -OCH3 is 3. The molecule has 234 valence electrons. The highest BCUT2D eigenvalue weighted by Gasteiger charge is 2.33. The molecule has 0 aliphatic carbocycles. The van der Waals surface area contributed by atoms with Crippen molar-refractivity contribution in [3.05, 3.63) is 94.0 Å². The van der Waals surface area contributed by atoms with Gasteiger partial charge in [-0.2, -0.15) is 0 Å². The van der Waals surface area contributed by atoms with Crippen molar-refractivity contribution in [1.29, 1.82) is 0 Å². The molecule has 4 aromatic carbocycles. The van der Waals surface area contributed by atoms with Crippen LogP contribution in [0.25, 0.3) is 0 Å². The van der Waals surface area contributed by atoms with Crippen LogP contribution in [0.15, 0.2) is 60.7 Å². The van der Waals surface area contributed by atoms with Crippen LogP contribution in [0, 0.1) is 0 Å². The zero-order valence-electron chi connectivity index (χ0n) is 26.6. The van der Waals surface area contributed by atoms with E-state index < -0.39 is 0 Å². The van der Waals surface area contributed by atoms with E-state index in [-0.39, 0.29) is 17.8 Å². The molecule has 0 radical (unpaired) electrons. The number of fused-ring (bicyclic) bond motifs is 2. The average molecular weight is 609 g/mol. The summed E-state index contributed by atoms with van der Waals surface area (Å²) in [5, 5.41) is 11.5. The van der Waals surface area contributed by atoms with Gasteiger partial charge < -0.3 is 28.8 Å². The molecule has 4 aliphatic rings. The Balaban J connectivity index is 1.44. The summed E-state index contributed by atoms with van der Waals surface area (Å²) in [5.74, 6) is 4.14. The summed E-state index contributed by atoms with van der Waals surface area (Å²) in [4.78, 5) is 4.74. The van der Waals surface area contributed by atoms with Gasteiger partial charge in [-0.15, -0.1) is 0 Å². The molecule has 8 rings (SSSR count). The highest BCUT2D eigenvalue weighted by molar-refractivity contribution is 5.63. The summed E-state index contributed by atoms with van der Waals surface area (Å²) in [5.41, 5.74) is 6.80. The van der Waals surface area contributed by atoms with Crippen LogP contribution in [-0.4, -0.2) is 63.4 Å². The number of phenolic OH excluding ortho intramolecular Hbond substituents is 1. The van der Waals surface area contributed by atoms with Gasteiger partial charge in [-0.25, -0.2) is 0 Å². The molecule has 2 unspecified atom stereocenters. The minimum Gasteiger partial charge on any atom is -0.502 e. The van der Waals surface area contributed by atoms with Gasteiger partial charge in [0.05, 0.1) is 21.3 Å². The lowest BCUT2D eigenvalue weighted by Crippen LogP contribution is -2.34. The molecule has 45 heavy (non-hydrogen) atoms. The second kappa shape index (κ2) is 11.8. The molecule has 4 heterocycles. The van der Waals surface area contributed by atoms with Crippen LogP contribution in [-0.2, 0) is 25.7 Å². The van der Waals surface area contributed by atoms with Crippen LogP contribution in [0.3, 0.4) is 0 Å². The zero-order valence-corrected chi connectivity index (χ0v) is 26.6. The predicted molar refractivity (Wildman–Crippen MR) is 173 cm³/mol. The van der Waals surface area contributed by atoms with Crippen LogP contribution in [0.5, 0.6) is 46.0 Å². The van der Waals surface area contributed by atoms with Crippen LogP contribution in [0.2, 0.25) is 0 Å². The van der Waals surface area contributed by atoms with Gasteiger partial charge in [0.15, 0.2) is 34.5 Å². The smallest absolute Gasteiger partial charge is 0.201 e. The molecule has 10 bridgehead atoms. The summed E-state index contributed by atoms with van der Waals surface area (Å²) in [6, 6.07) is 20.8. The van der Waals surface area contributed by atoms with Gasteiger partial charge in [-0.05, 0) is 110 Å². The lowest BCUT2D eigenvalue weighted by Gasteiger charge is -2.37. The molecule has 8 heteroatoms. The van der Waals surface area contributed by atoms with E-state index in [9.17, 15) is 5.11 Å². The van der Waals surface area contributed by atoms with Crippen LogP contribution < -0.4 is 23.7 Å². The van der Waals surface area contributed by atoms with Crippen molar-refractivity contribution >= 4 is 0 Å². The molecule has 0 aromatic heterocycles. The maximum absolute atomic E-state index is 11.5. The first-order chi connectivity index (χ1) is 21.9. The second-order valence-electron chi connectivity index (χ2n) is 12.3. The van der Waals surface area contributed by atoms with E-state index in [1.54, 1.807) is 21.3 Å². The van der Waals surface area contributed by atoms with Gasteiger partial charge >= 0.3 is 0 Å². The minimum atomic E-state index is -0.00104. The maximum atomic E-state index is 11.5. The highest BCUT2D eigenvalue weighted by Crippen LogP contribution is 2.50. The summed E-state index contributed by atoms with van der Waals surface area (Å²) in [7, 11) is 9.21. The van der Waals surface area contributed by atoms with E-state index in [2.05, 4.69) is 60.3 Å². The molecule has 1 N–H and O–H groups in total. The van der Waals surface area contributed by atoms with Crippen molar-refractivity contribution < 1.29 is 28.8 Å². The Bertz CT molecular complexity index is 1740. The Morgan fingerprint density at radius 1 is 0.667 bits per heavy atom. The topological polar surface area (TPSA) is 72.9 Å². The fraction of sp³-hybridized carbons (Fsp3) is 0.351. The zero-order chi connectivity index (χ0) is 31.2. The summed E-state index contributed by atoms with van der Waals surface area (Å²) < 4.78 is 30.4. The van der Waals surface area contributed by atoms with Crippen molar-refractivity contribution in [2.75, 3.05) is 48.5 Å². The number of aromatic hydroxyl groups is 1. The molecule has 0 fully saturated rings. The van der Waals surface area contributed by atoms with Crippen LogP contribution in [0.4, 0.5) is 0 Å². The molecule has 4 aromatic rings. The Hall–Kier alpha value is -4.40. The number of phenols is 1. The largest absolute Gasteiger partial charge is 0.502 e. The van der Waals surface area contributed by atoms with Gasteiger partial charge in [0.1, 0.15) is 5.75 Å². The SMILES string of the molecule is COc1ccc2cc1Oc1ccc(cc1)CC1c3cc(c(OC)cc3CCN1C)Oc1c(O)c(OC)cc3c1CCN(C)C3C2. The van der Waals surface area contributed by atoms with E-state index >= 15 is 0 Å². The van der Waals surface area contributed by atoms with Crippen LogP contribution in [0.1, 0.15) is 45.5 Å². The van der Waals surface area contributed by atoms with E-state index in [1.165, 1.54) is 16.7 Å². The van der Waals surface area contributed by atoms with Gasteiger partial charge in [-0.1, -0.05) is 18.2 Å². The summed E-state index contributed by atoms with van der Waals surface area (Å²) in [6.45, 7) is 1.75. The van der Waals surface area contributed by atoms with Gasteiger partial charge in [0.25, 0.3) is 0 Å². The van der Waals surface area contributed by atoms with E-state index in [4.69, 9.17) is 23.7 Å². The number of nitrogens with zero attached hydrogens (tertiary/aromatic N) is 2. The summed E-state index contributed by atoms with van der Waals surface area (Å²) >= 11 is 0. The number of hydrogen-bond acceptors (Lipinski definition) is 8. The van der Waals surface area contributed by atoms with E-state index in [0.717, 1.165) is 54.8 Å². The third kappa shape index (κ3) is 5.32. The van der Waals surface area contributed by atoms with Crippen molar-refractivity contribution in [3.8, 4) is 46.0 Å². The highest BCUT2D eigenvalue weighted by atomic mass is 16.5. The number of likely N-dealkylation sites (N-methyl/N-ethyl adjacent to an activating group) is 2. The molecule has 0 saturated heterocycles. The first kappa shape index (κ1) is 29.3. The summed E-state index contributed by atoms with van der Waals surface area (Å²) in [6.07, 6.45) is 3.17. The molecule has 4 aliphatic heterocycles. The number of benzene rings is 4. The Kier molecular flexibility index (Phi) is 7.71. The van der Waals surface area contributed by atoms with Crippen LogP contribution >= 0.6 is 0 Å². The predicted octanol–water partition coefficient (Wildman–Crippen LogP) is 6.86. The average Bonchev–Trinajstić information content (AvgIpc) is 3.05. The fourth-order valence-corrected chi connectivity index (χ4v) is 7.10. The quantitative estimate of drug-likeness (QED) is 0.271. The number of hydrogen-bond donors (Lipinski definition) is 1. The third-order valence-electron chi connectivity index (χ3n) is 9.68. The van der Waals surface area contributed by atoms with Crippen molar-refractivity contribution in [3.63, 3.8) is 0 Å². The number of ether oxygens (including phenoxy) is 5. The Morgan fingerprint density at radius 3 is 2.04 bits per heavy atom. The number of rotatable bonds is 3. The maximum Gasteiger partial charge on any atom is 0.201 e. The molecular weight excluding hydrogens is 568 g/mol. The lowest BCUT2D eigenvalue weighted by molar-refractivity contribution is 0.224. The van der Waals surface area contributed by atoms with Gasteiger partial charge in [-0.3, -0.25) is 9.80 Å².